The predicted octanol–water partition coefficient (Wildman–Crippen LogP) is 7.46. The maximum atomic E-state index is 12.6. The van der Waals surface area contributed by atoms with E-state index in [-0.39, 0.29) is 5.97 Å². The fraction of sp³-hybridized carbons (Fsp3) is 0.185. The molecule has 4 aromatic rings. The largest absolute Gasteiger partial charge is 0.490 e. The monoisotopic (exact) mass is 493 g/mol. The molecule has 0 fully saturated rings. The number of thiophene rings is 1. The second kappa shape index (κ2) is 11.2. The van der Waals surface area contributed by atoms with E-state index in [1.54, 1.807) is 13.1 Å². The first-order valence-electron chi connectivity index (χ1n) is 11.0. The van der Waals surface area contributed by atoms with Gasteiger partial charge < -0.3 is 14.2 Å². The Balaban J connectivity index is 1.59. The Labute approximate surface area is 207 Å². The van der Waals surface area contributed by atoms with Gasteiger partial charge in [0, 0.05) is 21.3 Å². The minimum atomic E-state index is -0.368. The molecule has 1 heterocycles. The zero-order valence-electron chi connectivity index (χ0n) is 18.9. The highest BCUT2D eigenvalue weighted by atomic mass is 35.5. The summed E-state index contributed by atoms with van der Waals surface area (Å²) in [6, 6.07) is 20.9. The molecule has 0 N–H and O–H groups in total. The van der Waals surface area contributed by atoms with E-state index in [0.29, 0.717) is 46.9 Å². The first-order valence-corrected chi connectivity index (χ1v) is 12.1. The number of nitrogens with zero attached hydrogens (tertiary/aromatic N) is 1. The third kappa shape index (κ3) is 5.58. The van der Waals surface area contributed by atoms with Crippen LogP contribution < -0.4 is 9.47 Å². The summed E-state index contributed by atoms with van der Waals surface area (Å²) in [5, 5.41) is 2.15. The number of benzene rings is 3. The van der Waals surface area contributed by atoms with Gasteiger partial charge >= 0.3 is 5.97 Å². The van der Waals surface area contributed by atoms with Gasteiger partial charge in [0.1, 0.15) is 17.2 Å². The van der Waals surface area contributed by atoms with Gasteiger partial charge in [-0.25, -0.2) is 9.79 Å². The summed E-state index contributed by atoms with van der Waals surface area (Å²) in [6.07, 6.45) is 1.72. The fourth-order valence-corrected chi connectivity index (χ4v) is 4.55. The Morgan fingerprint density at radius 1 is 0.971 bits per heavy atom. The van der Waals surface area contributed by atoms with E-state index in [1.165, 1.54) is 11.3 Å². The quantitative estimate of drug-likeness (QED) is 0.179. The zero-order valence-corrected chi connectivity index (χ0v) is 20.5. The predicted molar refractivity (Wildman–Crippen MR) is 138 cm³/mol. The van der Waals surface area contributed by atoms with Crippen LogP contribution in [0.3, 0.4) is 0 Å². The highest BCUT2D eigenvalue weighted by Gasteiger charge is 2.19. The molecule has 0 bridgehead atoms. The highest BCUT2D eigenvalue weighted by Crippen LogP contribution is 2.38. The van der Waals surface area contributed by atoms with Crippen LogP contribution in [-0.2, 0) is 11.3 Å². The topological polar surface area (TPSA) is 57.1 Å². The molecule has 0 amide bonds. The number of ether oxygens (including phenoxy) is 3. The number of hydrogen-bond donors (Lipinski definition) is 0. The van der Waals surface area contributed by atoms with Crippen LogP contribution >= 0.6 is 22.9 Å². The van der Waals surface area contributed by atoms with Gasteiger partial charge in [0.2, 0.25) is 0 Å². The van der Waals surface area contributed by atoms with E-state index in [4.69, 9.17) is 25.8 Å². The van der Waals surface area contributed by atoms with Crippen molar-refractivity contribution in [2.75, 3.05) is 13.2 Å². The van der Waals surface area contributed by atoms with Crippen LogP contribution in [0.5, 0.6) is 11.5 Å². The van der Waals surface area contributed by atoms with Crippen molar-refractivity contribution in [3.8, 4) is 11.5 Å². The molecular formula is C27H24ClNO4S. The van der Waals surface area contributed by atoms with Crippen LogP contribution in [-0.4, -0.2) is 25.4 Å². The molecule has 0 spiro atoms. The summed E-state index contributed by atoms with van der Waals surface area (Å²) < 4.78 is 18.0. The van der Waals surface area contributed by atoms with Crippen LogP contribution in [0.25, 0.3) is 10.1 Å². The molecule has 1 aromatic heterocycles. The molecule has 0 radical (unpaired) electrons. The molecule has 0 unspecified atom stereocenters. The van der Waals surface area contributed by atoms with Crippen molar-refractivity contribution in [2.24, 2.45) is 4.99 Å². The SMILES string of the molecule is CCOC(=O)c1c(N=Cc2ccc(OCc3ccc(Cl)cc3)c(OCC)c2)sc2ccccc12. The van der Waals surface area contributed by atoms with E-state index in [1.807, 2.05) is 73.7 Å². The van der Waals surface area contributed by atoms with Gasteiger partial charge in [-0.1, -0.05) is 41.9 Å². The molecule has 0 atom stereocenters. The minimum Gasteiger partial charge on any atom is -0.490 e. The summed E-state index contributed by atoms with van der Waals surface area (Å²) in [4.78, 5) is 17.2. The number of carbonyl (C=O) groups excluding carboxylic acids is 1. The number of esters is 1. The first kappa shape index (κ1) is 23.8. The number of hydrogen-bond acceptors (Lipinski definition) is 6. The van der Waals surface area contributed by atoms with E-state index >= 15 is 0 Å². The number of halogens is 1. The van der Waals surface area contributed by atoms with Crippen LogP contribution in [0.1, 0.15) is 35.3 Å². The zero-order chi connectivity index (χ0) is 23.9. The van der Waals surface area contributed by atoms with Crippen molar-refractivity contribution in [1.29, 1.82) is 0 Å². The van der Waals surface area contributed by atoms with Crippen molar-refractivity contribution in [2.45, 2.75) is 20.5 Å². The third-order valence-electron chi connectivity index (χ3n) is 4.96. The molecule has 0 aliphatic heterocycles. The van der Waals surface area contributed by atoms with Crippen molar-refractivity contribution in [3.63, 3.8) is 0 Å². The number of aliphatic imine (C=N–C) groups is 1. The lowest BCUT2D eigenvalue weighted by molar-refractivity contribution is 0.0530. The summed E-state index contributed by atoms with van der Waals surface area (Å²) in [5.74, 6) is 0.901. The van der Waals surface area contributed by atoms with Gasteiger partial charge in [0.15, 0.2) is 11.5 Å². The summed E-state index contributed by atoms with van der Waals surface area (Å²) >= 11 is 7.41. The Morgan fingerprint density at radius 3 is 2.53 bits per heavy atom. The Hall–Kier alpha value is -3.35. The number of rotatable bonds is 9. The fourth-order valence-electron chi connectivity index (χ4n) is 3.39. The molecule has 34 heavy (non-hydrogen) atoms. The number of fused-ring (bicyclic) bond motifs is 1. The first-order chi connectivity index (χ1) is 16.6. The average molecular weight is 494 g/mol. The summed E-state index contributed by atoms with van der Waals surface area (Å²) in [5.41, 5.74) is 2.33. The van der Waals surface area contributed by atoms with Gasteiger partial charge in [-0.15, -0.1) is 11.3 Å². The van der Waals surface area contributed by atoms with Crippen molar-refractivity contribution in [1.82, 2.24) is 0 Å². The molecule has 4 rings (SSSR count). The lowest BCUT2D eigenvalue weighted by Crippen LogP contribution is -2.04. The standard InChI is InChI=1S/C27H24ClNO4S/c1-3-31-23-15-19(11-14-22(23)33-17-18-9-12-20(28)13-10-18)16-29-26-25(27(30)32-4-2)21-7-5-6-8-24(21)34-26/h5-16H,3-4,17H2,1-2H3. The summed E-state index contributed by atoms with van der Waals surface area (Å²) in [7, 11) is 0. The molecule has 0 aliphatic rings. The Morgan fingerprint density at radius 2 is 1.76 bits per heavy atom. The maximum absolute atomic E-state index is 12.6. The van der Waals surface area contributed by atoms with Gasteiger partial charge in [-0.3, -0.25) is 0 Å². The molecule has 0 aliphatic carbocycles. The van der Waals surface area contributed by atoms with Crippen molar-refractivity contribution < 1.29 is 19.0 Å². The molecule has 3 aromatic carbocycles. The van der Waals surface area contributed by atoms with Gasteiger partial charge in [-0.05, 0) is 61.4 Å². The molecule has 5 nitrogen and oxygen atoms in total. The van der Waals surface area contributed by atoms with Gasteiger partial charge in [0.25, 0.3) is 0 Å². The highest BCUT2D eigenvalue weighted by molar-refractivity contribution is 7.23. The van der Waals surface area contributed by atoms with Gasteiger partial charge in [0.05, 0.1) is 13.2 Å². The second-order valence-corrected chi connectivity index (χ2v) is 8.78. The van der Waals surface area contributed by atoms with E-state index < -0.39 is 0 Å². The van der Waals surface area contributed by atoms with Crippen LogP contribution in [0.2, 0.25) is 5.02 Å². The molecular weight excluding hydrogens is 470 g/mol. The van der Waals surface area contributed by atoms with Crippen LogP contribution in [0.15, 0.2) is 71.7 Å². The average Bonchev–Trinajstić information content (AvgIpc) is 3.22. The lowest BCUT2D eigenvalue weighted by atomic mass is 10.1. The molecule has 174 valence electrons. The van der Waals surface area contributed by atoms with E-state index in [9.17, 15) is 4.79 Å². The molecule has 0 saturated carbocycles. The van der Waals surface area contributed by atoms with Crippen molar-refractivity contribution in [3.05, 3.63) is 88.4 Å². The molecule has 0 saturated heterocycles. The number of carbonyl (C=O) groups is 1. The lowest BCUT2D eigenvalue weighted by Gasteiger charge is -2.12. The van der Waals surface area contributed by atoms with Crippen LogP contribution in [0, 0.1) is 0 Å². The Bertz CT molecular complexity index is 1310. The smallest absolute Gasteiger partial charge is 0.341 e. The second-order valence-electron chi connectivity index (χ2n) is 7.31. The van der Waals surface area contributed by atoms with Gasteiger partial charge in [-0.2, -0.15) is 0 Å². The minimum absolute atomic E-state index is 0.307. The van der Waals surface area contributed by atoms with E-state index in [0.717, 1.165) is 21.2 Å². The maximum Gasteiger partial charge on any atom is 0.341 e. The normalized spacial score (nSPS) is 11.1. The van der Waals surface area contributed by atoms with E-state index in [2.05, 4.69) is 4.99 Å². The third-order valence-corrected chi connectivity index (χ3v) is 6.29. The Kier molecular flexibility index (Phi) is 7.83. The molecule has 7 heteroatoms. The summed E-state index contributed by atoms with van der Waals surface area (Å²) in [6.45, 7) is 4.92. The van der Waals surface area contributed by atoms with Crippen LogP contribution in [0.4, 0.5) is 5.00 Å². The van der Waals surface area contributed by atoms with Crippen molar-refractivity contribution >= 4 is 50.2 Å².